The van der Waals surface area contributed by atoms with Gasteiger partial charge in [-0.3, -0.25) is 9.59 Å². The number of carbonyl (C=O) groups is 2. The van der Waals surface area contributed by atoms with Gasteiger partial charge in [-0.1, -0.05) is 18.2 Å². The van der Waals surface area contributed by atoms with Crippen molar-refractivity contribution in [2.75, 3.05) is 31.0 Å². The molecule has 0 aliphatic carbocycles. The van der Waals surface area contributed by atoms with Crippen LogP contribution in [0.4, 0.5) is 11.4 Å². The van der Waals surface area contributed by atoms with Gasteiger partial charge in [-0.25, -0.2) is 0 Å². The Morgan fingerprint density at radius 2 is 1.86 bits per heavy atom. The van der Waals surface area contributed by atoms with E-state index in [0.29, 0.717) is 35.2 Å². The SMILES string of the molecule is C=C(C)CN1C(=O)C(C)Oc2ccc(NC(=O)c3c(OC)cccc3OC)cc21. The van der Waals surface area contributed by atoms with Crippen molar-refractivity contribution in [1.29, 1.82) is 0 Å². The zero-order valence-electron chi connectivity index (χ0n) is 16.9. The highest BCUT2D eigenvalue weighted by Crippen LogP contribution is 2.37. The molecule has 1 heterocycles. The number of hydrogen-bond acceptors (Lipinski definition) is 5. The first-order chi connectivity index (χ1) is 13.8. The fourth-order valence-corrected chi connectivity index (χ4v) is 3.19. The molecule has 1 atom stereocenters. The highest BCUT2D eigenvalue weighted by atomic mass is 16.5. The fourth-order valence-electron chi connectivity index (χ4n) is 3.19. The summed E-state index contributed by atoms with van der Waals surface area (Å²) < 4.78 is 16.3. The smallest absolute Gasteiger partial charge is 0.268 e. The van der Waals surface area contributed by atoms with Gasteiger partial charge in [-0.05, 0) is 44.2 Å². The molecule has 29 heavy (non-hydrogen) atoms. The van der Waals surface area contributed by atoms with E-state index in [1.54, 1.807) is 48.2 Å². The number of benzene rings is 2. The van der Waals surface area contributed by atoms with E-state index in [-0.39, 0.29) is 17.4 Å². The Morgan fingerprint density at radius 3 is 2.45 bits per heavy atom. The average Bonchev–Trinajstić information content (AvgIpc) is 2.70. The van der Waals surface area contributed by atoms with Crippen LogP contribution in [-0.2, 0) is 4.79 Å². The number of nitrogens with zero attached hydrogens (tertiary/aromatic N) is 1. The summed E-state index contributed by atoms with van der Waals surface area (Å²) in [7, 11) is 2.98. The Balaban J connectivity index is 1.95. The summed E-state index contributed by atoms with van der Waals surface area (Å²) in [6.45, 7) is 7.83. The zero-order valence-corrected chi connectivity index (χ0v) is 16.9. The standard InChI is InChI=1S/C22H24N2O5/c1-13(2)12-24-16-11-15(9-10-17(16)29-14(3)22(24)26)23-21(25)20-18(27-4)7-6-8-19(20)28-5/h6-11,14H,1,12H2,2-5H3,(H,23,25). The minimum atomic E-state index is -0.583. The number of fused-ring (bicyclic) bond motifs is 1. The first-order valence-electron chi connectivity index (χ1n) is 9.14. The van der Waals surface area contributed by atoms with E-state index in [1.165, 1.54) is 14.2 Å². The summed E-state index contributed by atoms with van der Waals surface area (Å²) in [6.07, 6.45) is -0.583. The second-order valence-corrected chi connectivity index (χ2v) is 6.82. The Morgan fingerprint density at radius 1 is 1.21 bits per heavy atom. The van der Waals surface area contributed by atoms with Crippen molar-refractivity contribution in [3.8, 4) is 17.2 Å². The molecule has 0 radical (unpaired) electrons. The fraction of sp³-hybridized carbons (Fsp3) is 0.273. The number of carbonyl (C=O) groups excluding carboxylic acids is 2. The molecular weight excluding hydrogens is 372 g/mol. The van der Waals surface area contributed by atoms with Crippen molar-refractivity contribution in [3.05, 3.63) is 54.1 Å². The molecule has 7 nitrogen and oxygen atoms in total. The first-order valence-corrected chi connectivity index (χ1v) is 9.14. The zero-order chi connectivity index (χ0) is 21.1. The van der Waals surface area contributed by atoms with Crippen molar-refractivity contribution in [2.45, 2.75) is 20.0 Å². The van der Waals surface area contributed by atoms with Gasteiger partial charge in [0.25, 0.3) is 11.8 Å². The number of ether oxygens (including phenoxy) is 3. The Bertz CT molecular complexity index is 947. The van der Waals surface area contributed by atoms with Crippen LogP contribution in [-0.4, -0.2) is 38.7 Å². The lowest BCUT2D eigenvalue weighted by Crippen LogP contribution is -2.45. The van der Waals surface area contributed by atoms with Crippen molar-refractivity contribution >= 4 is 23.2 Å². The van der Waals surface area contributed by atoms with Gasteiger partial charge >= 0.3 is 0 Å². The van der Waals surface area contributed by atoms with Gasteiger partial charge in [0, 0.05) is 12.2 Å². The van der Waals surface area contributed by atoms with Crippen LogP contribution in [0.25, 0.3) is 0 Å². The van der Waals surface area contributed by atoms with Crippen LogP contribution >= 0.6 is 0 Å². The van der Waals surface area contributed by atoms with Crippen LogP contribution < -0.4 is 24.4 Å². The quantitative estimate of drug-likeness (QED) is 0.755. The minimum absolute atomic E-state index is 0.157. The molecule has 0 saturated heterocycles. The van der Waals surface area contributed by atoms with Crippen molar-refractivity contribution in [1.82, 2.24) is 0 Å². The summed E-state index contributed by atoms with van der Waals surface area (Å²) in [5, 5.41) is 2.84. The molecule has 0 saturated carbocycles. The Hall–Kier alpha value is -3.48. The lowest BCUT2D eigenvalue weighted by atomic mass is 10.1. The molecule has 0 bridgehead atoms. The van der Waals surface area contributed by atoms with Gasteiger partial charge in [-0.15, -0.1) is 0 Å². The second-order valence-electron chi connectivity index (χ2n) is 6.82. The molecule has 1 aliphatic rings. The third-order valence-electron chi connectivity index (χ3n) is 4.51. The predicted molar refractivity (Wildman–Crippen MR) is 111 cm³/mol. The van der Waals surface area contributed by atoms with E-state index < -0.39 is 6.10 Å². The first kappa shape index (κ1) is 20.3. The third-order valence-corrected chi connectivity index (χ3v) is 4.51. The second kappa shape index (κ2) is 8.26. The van der Waals surface area contributed by atoms with Crippen molar-refractivity contribution < 1.29 is 23.8 Å². The van der Waals surface area contributed by atoms with E-state index in [9.17, 15) is 9.59 Å². The van der Waals surface area contributed by atoms with Gasteiger partial charge in [-0.2, -0.15) is 0 Å². The Labute approximate surface area is 169 Å². The highest BCUT2D eigenvalue weighted by Gasteiger charge is 2.31. The summed E-state index contributed by atoms with van der Waals surface area (Å²) in [5.74, 6) is 0.829. The number of methoxy groups -OCH3 is 2. The molecule has 0 spiro atoms. The van der Waals surface area contributed by atoms with Gasteiger partial charge in [0.05, 0.1) is 19.9 Å². The molecule has 2 amide bonds. The highest BCUT2D eigenvalue weighted by molar-refractivity contribution is 6.09. The lowest BCUT2D eigenvalue weighted by Gasteiger charge is -2.33. The van der Waals surface area contributed by atoms with E-state index in [4.69, 9.17) is 14.2 Å². The van der Waals surface area contributed by atoms with Crippen LogP contribution in [0.15, 0.2) is 48.6 Å². The summed E-state index contributed by atoms with van der Waals surface area (Å²) in [4.78, 5) is 27.1. The van der Waals surface area contributed by atoms with Gasteiger partial charge in [0.1, 0.15) is 22.8 Å². The number of amides is 2. The summed E-state index contributed by atoms with van der Waals surface area (Å²) in [5.41, 5.74) is 2.22. The molecule has 152 valence electrons. The van der Waals surface area contributed by atoms with Gasteiger partial charge in [0.15, 0.2) is 6.10 Å². The number of anilines is 2. The normalized spacial score (nSPS) is 15.2. The summed E-state index contributed by atoms with van der Waals surface area (Å²) in [6, 6.07) is 10.3. The third kappa shape index (κ3) is 4.03. The van der Waals surface area contributed by atoms with E-state index in [0.717, 1.165) is 5.57 Å². The molecule has 1 N–H and O–H groups in total. The molecule has 3 rings (SSSR count). The van der Waals surface area contributed by atoms with Crippen LogP contribution in [0.1, 0.15) is 24.2 Å². The van der Waals surface area contributed by atoms with Crippen LogP contribution in [0.2, 0.25) is 0 Å². The monoisotopic (exact) mass is 396 g/mol. The number of nitrogens with one attached hydrogen (secondary N) is 1. The molecule has 7 heteroatoms. The molecular formula is C22H24N2O5. The van der Waals surface area contributed by atoms with Crippen LogP contribution in [0, 0.1) is 0 Å². The molecule has 1 unspecified atom stereocenters. The molecule has 1 aliphatic heterocycles. The average molecular weight is 396 g/mol. The molecule has 0 fully saturated rings. The maximum Gasteiger partial charge on any atom is 0.268 e. The topological polar surface area (TPSA) is 77.1 Å². The predicted octanol–water partition coefficient (Wildman–Crippen LogP) is 3.65. The molecule has 2 aromatic carbocycles. The van der Waals surface area contributed by atoms with Crippen LogP contribution in [0.5, 0.6) is 17.2 Å². The van der Waals surface area contributed by atoms with E-state index in [2.05, 4.69) is 11.9 Å². The summed E-state index contributed by atoms with van der Waals surface area (Å²) >= 11 is 0. The maximum absolute atomic E-state index is 12.9. The van der Waals surface area contributed by atoms with E-state index in [1.807, 2.05) is 6.92 Å². The van der Waals surface area contributed by atoms with E-state index >= 15 is 0 Å². The number of rotatable bonds is 6. The van der Waals surface area contributed by atoms with Gasteiger partial charge < -0.3 is 24.4 Å². The van der Waals surface area contributed by atoms with Crippen molar-refractivity contribution in [3.63, 3.8) is 0 Å². The molecule has 2 aromatic rings. The van der Waals surface area contributed by atoms with Crippen molar-refractivity contribution in [2.24, 2.45) is 0 Å². The Kier molecular flexibility index (Phi) is 5.77. The minimum Gasteiger partial charge on any atom is -0.496 e. The van der Waals surface area contributed by atoms with Crippen LogP contribution in [0.3, 0.4) is 0 Å². The van der Waals surface area contributed by atoms with Gasteiger partial charge in [0.2, 0.25) is 0 Å². The molecule has 0 aromatic heterocycles. The lowest BCUT2D eigenvalue weighted by molar-refractivity contribution is -0.125. The largest absolute Gasteiger partial charge is 0.496 e. The maximum atomic E-state index is 12.9. The number of hydrogen-bond donors (Lipinski definition) is 1.